The van der Waals surface area contributed by atoms with Crippen LogP contribution < -0.4 is 0 Å². The third kappa shape index (κ3) is 4.02. The molecule has 44 heavy (non-hydrogen) atoms. The molecule has 1 aromatic heterocycles. The molecule has 0 aliphatic heterocycles. The van der Waals surface area contributed by atoms with Crippen LogP contribution in [0.5, 0.6) is 0 Å². The van der Waals surface area contributed by atoms with Crippen LogP contribution in [-0.4, -0.2) is 15.9 Å². The summed E-state index contributed by atoms with van der Waals surface area (Å²) in [6, 6.07) is 10.2. The second kappa shape index (κ2) is 10.1. The quantitative estimate of drug-likeness (QED) is 0.213. The van der Waals surface area contributed by atoms with Crippen LogP contribution in [0.3, 0.4) is 0 Å². The van der Waals surface area contributed by atoms with Crippen molar-refractivity contribution in [3.8, 4) is 0 Å². The summed E-state index contributed by atoms with van der Waals surface area (Å²) >= 11 is 5.49. The van der Waals surface area contributed by atoms with Crippen molar-refractivity contribution in [2.24, 2.45) is 51.2 Å². The number of esters is 1. The van der Waals surface area contributed by atoms with Crippen molar-refractivity contribution in [2.75, 3.05) is 0 Å². The van der Waals surface area contributed by atoms with Crippen LogP contribution in [0.25, 0.3) is 0 Å². The first-order valence-electron chi connectivity index (χ1n) is 17.3. The molecule has 0 amide bonds. The van der Waals surface area contributed by atoms with E-state index in [0.717, 1.165) is 44.1 Å². The van der Waals surface area contributed by atoms with Gasteiger partial charge in [0.15, 0.2) is 4.77 Å². The summed E-state index contributed by atoms with van der Waals surface area (Å²) in [7, 11) is 0. The van der Waals surface area contributed by atoms with Gasteiger partial charge in [-0.2, -0.15) is 0 Å². The van der Waals surface area contributed by atoms with E-state index in [9.17, 15) is 4.79 Å². The number of nitrogens with one attached hydrogen (secondary N) is 1. The van der Waals surface area contributed by atoms with Gasteiger partial charge in [0.1, 0.15) is 6.61 Å². The van der Waals surface area contributed by atoms with Gasteiger partial charge in [-0.05, 0) is 121 Å². The van der Waals surface area contributed by atoms with Gasteiger partial charge in [-0.3, -0.25) is 4.79 Å². The molecule has 9 atom stereocenters. The fourth-order valence-corrected chi connectivity index (χ4v) is 12.4. The first kappa shape index (κ1) is 30.4. The minimum atomic E-state index is -0.411. The maximum Gasteiger partial charge on any atom is 0.313 e. The van der Waals surface area contributed by atoms with Crippen LogP contribution >= 0.6 is 12.2 Å². The molecular weight excluding hydrogens is 561 g/mol. The Morgan fingerprint density at radius 2 is 1.75 bits per heavy atom. The minimum Gasteiger partial charge on any atom is -0.460 e. The number of fused-ring (bicyclic) bond motifs is 8. The minimum absolute atomic E-state index is 0.0165. The molecule has 5 aliphatic carbocycles. The lowest BCUT2D eigenvalue weighted by Gasteiger charge is -2.71. The van der Waals surface area contributed by atoms with Gasteiger partial charge in [-0.25, -0.2) is 4.98 Å². The molecule has 5 aliphatic rings. The molecule has 0 bridgehead atoms. The predicted octanol–water partition coefficient (Wildman–Crippen LogP) is 9.55. The van der Waals surface area contributed by atoms with E-state index in [0.29, 0.717) is 35.0 Å². The van der Waals surface area contributed by atoms with E-state index in [-0.39, 0.29) is 33.5 Å². The molecule has 236 valence electrons. The van der Waals surface area contributed by atoms with E-state index in [4.69, 9.17) is 17.0 Å². The van der Waals surface area contributed by atoms with Crippen molar-refractivity contribution in [1.29, 1.82) is 0 Å². The van der Waals surface area contributed by atoms with Gasteiger partial charge < -0.3 is 9.72 Å². The molecule has 2 aromatic rings. The highest BCUT2D eigenvalue weighted by molar-refractivity contribution is 7.71. The van der Waals surface area contributed by atoms with Crippen LogP contribution in [0, 0.1) is 56.0 Å². The summed E-state index contributed by atoms with van der Waals surface area (Å²) in [4.78, 5) is 22.4. The number of ether oxygens (including phenoxy) is 1. The van der Waals surface area contributed by atoms with Gasteiger partial charge in [0.05, 0.1) is 5.41 Å². The highest BCUT2D eigenvalue weighted by Gasteiger charge is 2.69. The number of carbonyl (C=O) groups is 1. The summed E-state index contributed by atoms with van der Waals surface area (Å²) in [5.41, 5.74) is 5.34. The summed E-state index contributed by atoms with van der Waals surface area (Å²) < 4.78 is 6.82. The van der Waals surface area contributed by atoms with Crippen LogP contribution in [0.2, 0.25) is 0 Å². The molecule has 0 saturated heterocycles. The monoisotopic (exact) mass is 612 g/mol. The first-order chi connectivity index (χ1) is 20.8. The summed E-state index contributed by atoms with van der Waals surface area (Å²) in [5.74, 6) is 2.52. The van der Waals surface area contributed by atoms with Crippen molar-refractivity contribution in [2.45, 2.75) is 112 Å². The van der Waals surface area contributed by atoms with Crippen molar-refractivity contribution in [3.05, 3.63) is 69.8 Å². The van der Waals surface area contributed by atoms with Crippen molar-refractivity contribution < 1.29 is 9.53 Å². The SMILES string of the molecule is C[C@@H]1[C@H]2C3=CC[C@H]4[C@]5(C)Cc6cnc(=S)[nH]c6C(C)(C)[C@H]5CC[C@]4(C)[C@]3(C)CC[C@@]2(C(=O)OCc2ccccc2)CC[C@@H]1C. The molecule has 7 rings (SSSR count). The summed E-state index contributed by atoms with van der Waals surface area (Å²) in [6.45, 7) is 17.9. The number of allylic oxidation sites excluding steroid dienone is 2. The van der Waals surface area contributed by atoms with Crippen LogP contribution in [0.1, 0.15) is 110 Å². The molecular formula is C39H52N2O2S. The Hall–Kier alpha value is -2.27. The zero-order valence-electron chi connectivity index (χ0n) is 28.0. The van der Waals surface area contributed by atoms with Crippen LogP contribution in [0.4, 0.5) is 0 Å². The summed E-state index contributed by atoms with van der Waals surface area (Å²) in [5, 5.41) is 0. The fraction of sp³-hybridized carbons (Fsp3) is 0.667. The number of nitrogens with zero attached hydrogens (tertiary/aromatic N) is 1. The number of H-pyrrole nitrogens is 1. The molecule has 0 spiro atoms. The van der Waals surface area contributed by atoms with E-state index < -0.39 is 5.41 Å². The van der Waals surface area contributed by atoms with Gasteiger partial charge in [0.2, 0.25) is 0 Å². The number of carbonyl (C=O) groups excluding carboxylic acids is 1. The average Bonchev–Trinajstić information content (AvgIpc) is 2.99. The molecule has 1 aromatic carbocycles. The zero-order chi connectivity index (χ0) is 31.3. The highest BCUT2D eigenvalue weighted by atomic mass is 32.1. The van der Waals surface area contributed by atoms with E-state index in [1.807, 2.05) is 18.2 Å². The molecule has 1 N–H and O–H groups in total. The van der Waals surface area contributed by atoms with Crippen molar-refractivity contribution in [3.63, 3.8) is 0 Å². The molecule has 5 heteroatoms. The van der Waals surface area contributed by atoms with Gasteiger partial charge in [-0.1, -0.05) is 90.4 Å². The molecule has 1 heterocycles. The normalized spacial score (nSPS) is 42.0. The molecule has 0 radical (unpaired) electrons. The van der Waals surface area contributed by atoms with Gasteiger partial charge in [0.25, 0.3) is 0 Å². The number of aromatic nitrogens is 2. The van der Waals surface area contributed by atoms with Gasteiger partial charge in [-0.15, -0.1) is 0 Å². The molecule has 3 saturated carbocycles. The zero-order valence-corrected chi connectivity index (χ0v) is 28.8. The number of aromatic amines is 1. The Kier molecular flexibility index (Phi) is 6.98. The Balaban J connectivity index is 1.28. The molecule has 3 fully saturated rings. The molecule has 4 nitrogen and oxygen atoms in total. The maximum absolute atomic E-state index is 14.3. The standard InChI is InChI=1S/C39H52N2O2S/c1-24-15-18-39(33(42)43-23-26-11-9-8-10-12-26)20-19-37(6)28(31(39)25(24)2)13-14-30-36(5)21-27-22-40-34(44)41-32(27)35(3,4)29(36)16-17-38(30,37)7/h8-13,22,24-25,29-31H,14-21,23H2,1-7H3,(H,40,41,44)/t24-,25-,29+,30-,31-,36+,37+,38-,39-/m0/s1. The second-order valence-electron chi connectivity index (χ2n) is 16.9. The number of hydrogen-bond acceptors (Lipinski definition) is 4. The largest absolute Gasteiger partial charge is 0.460 e. The molecule has 0 unspecified atom stereocenters. The van der Waals surface area contributed by atoms with E-state index in [1.54, 1.807) is 5.57 Å². The highest BCUT2D eigenvalue weighted by Crippen LogP contribution is 2.75. The van der Waals surface area contributed by atoms with E-state index in [1.165, 1.54) is 24.1 Å². The third-order valence-corrected chi connectivity index (χ3v) is 15.1. The second-order valence-corrected chi connectivity index (χ2v) is 17.2. The fourth-order valence-electron chi connectivity index (χ4n) is 12.2. The predicted molar refractivity (Wildman–Crippen MR) is 178 cm³/mol. The first-order valence-corrected chi connectivity index (χ1v) is 17.7. The van der Waals surface area contributed by atoms with Crippen molar-refractivity contribution >= 4 is 18.2 Å². The average molecular weight is 613 g/mol. The third-order valence-electron chi connectivity index (χ3n) is 14.9. The van der Waals surface area contributed by atoms with Gasteiger partial charge >= 0.3 is 5.97 Å². The Morgan fingerprint density at radius 3 is 2.50 bits per heavy atom. The van der Waals surface area contributed by atoms with Crippen molar-refractivity contribution in [1.82, 2.24) is 9.97 Å². The Morgan fingerprint density at radius 1 is 1.00 bits per heavy atom. The lowest BCUT2D eigenvalue weighted by Crippen LogP contribution is -2.65. The lowest BCUT2D eigenvalue weighted by molar-refractivity contribution is -0.184. The smallest absolute Gasteiger partial charge is 0.313 e. The van der Waals surface area contributed by atoms with E-state index in [2.05, 4.69) is 82.8 Å². The Labute approximate surface area is 269 Å². The number of benzene rings is 1. The topological polar surface area (TPSA) is 55.0 Å². The summed E-state index contributed by atoms with van der Waals surface area (Å²) in [6.07, 6.45) is 13.4. The van der Waals surface area contributed by atoms with E-state index >= 15 is 0 Å². The lowest BCUT2D eigenvalue weighted by atomic mass is 9.33. The van der Waals surface area contributed by atoms with Gasteiger partial charge in [0, 0.05) is 17.3 Å². The van der Waals surface area contributed by atoms with Crippen LogP contribution in [-0.2, 0) is 28.0 Å². The Bertz CT molecular complexity index is 1560. The number of rotatable bonds is 3. The maximum atomic E-state index is 14.3. The number of hydrogen-bond donors (Lipinski definition) is 1. The van der Waals surface area contributed by atoms with Crippen LogP contribution in [0.15, 0.2) is 48.2 Å².